The van der Waals surface area contributed by atoms with E-state index in [1.165, 1.54) is 0 Å². The van der Waals surface area contributed by atoms with Crippen molar-refractivity contribution in [3.05, 3.63) is 0 Å². The van der Waals surface area contributed by atoms with E-state index in [4.69, 9.17) is 5.73 Å². The molecule has 1 fully saturated rings. The molecule has 0 aliphatic carbocycles. The Balaban J connectivity index is 2.13. The number of hydrogen-bond acceptors (Lipinski definition) is 5. The van der Waals surface area contributed by atoms with Crippen LogP contribution in [-0.2, 0) is 9.53 Å². The zero-order valence-corrected chi connectivity index (χ0v) is 8.16. The van der Waals surface area contributed by atoms with E-state index in [1.54, 1.807) is 6.92 Å². The highest BCUT2D eigenvalue weighted by molar-refractivity contribution is 5.92. The molecule has 0 unspecified atom stereocenters. The normalized spacial score (nSPS) is 17.3. The average Bonchev–Trinajstić information content (AvgIpc) is 2.01. The Hall–Kier alpha value is -1.14. The van der Waals surface area contributed by atoms with Crippen molar-refractivity contribution in [3.8, 4) is 0 Å². The van der Waals surface area contributed by atoms with Gasteiger partial charge in [0.05, 0.1) is 13.2 Å². The van der Waals surface area contributed by atoms with Crippen molar-refractivity contribution < 1.29 is 14.3 Å². The lowest BCUT2D eigenvalue weighted by Crippen LogP contribution is -2.58. The summed E-state index contributed by atoms with van der Waals surface area (Å²) in [6, 6.07) is 0.158. The number of alkyl carbamates (subject to hydrolysis) is 1. The highest BCUT2D eigenvalue weighted by Gasteiger charge is 2.25. The molecule has 80 valence electrons. The molecule has 2 amide bonds. The quantitative estimate of drug-likeness (QED) is 0.605. The van der Waals surface area contributed by atoms with Crippen molar-refractivity contribution in [3.63, 3.8) is 0 Å². The largest absolute Gasteiger partial charge is 0.450 e. The lowest BCUT2D eigenvalue weighted by molar-refractivity contribution is -0.122. The predicted octanol–water partition coefficient (Wildman–Crippen LogP) is -1.10. The highest BCUT2D eigenvalue weighted by Crippen LogP contribution is 2.03. The Morgan fingerprint density at radius 2 is 2.21 bits per heavy atom. The summed E-state index contributed by atoms with van der Waals surface area (Å²) >= 11 is 0. The third-order valence-electron chi connectivity index (χ3n) is 1.87. The van der Waals surface area contributed by atoms with Crippen LogP contribution in [0.5, 0.6) is 0 Å². The first-order valence-corrected chi connectivity index (χ1v) is 4.56. The van der Waals surface area contributed by atoms with Gasteiger partial charge in [0.2, 0.25) is 5.91 Å². The molecule has 0 aromatic rings. The summed E-state index contributed by atoms with van der Waals surface area (Å²) in [5.41, 5.74) is 5.53. The van der Waals surface area contributed by atoms with Crippen LogP contribution in [0.3, 0.4) is 0 Å². The monoisotopic (exact) mass is 201 g/mol. The van der Waals surface area contributed by atoms with Gasteiger partial charge < -0.3 is 10.5 Å². The summed E-state index contributed by atoms with van der Waals surface area (Å²) in [7, 11) is 0. The summed E-state index contributed by atoms with van der Waals surface area (Å²) in [5.74, 6) is -0.352. The molecule has 0 saturated carbocycles. The van der Waals surface area contributed by atoms with Crippen molar-refractivity contribution in [2.75, 3.05) is 26.2 Å². The fraction of sp³-hybridized carbons (Fsp3) is 0.750. The molecule has 0 spiro atoms. The average molecular weight is 201 g/mol. The van der Waals surface area contributed by atoms with Crippen molar-refractivity contribution in [1.29, 1.82) is 0 Å². The number of ether oxygens (including phenoxy) is 1. The summed E-state index contributed by atoms with van der Waals surface area (Å²) in [6.45, 7) is 3.55. The molecule has 1 aliphatic heterocycles. The van der Waals surface area contributed by atoms with Crippen molar-refractivity contribution in [2.24, 2.45) is 5.73 Å². The summed E-state index contributed by atoms with van der Waals surface area (Å²) < 4.78 is 4.55. The van der Waals surface area contributed by atoms with Gasteiger partial charge in [-0.15, -0.1) is 0 Å². The number of hydrogen-bond donors (Lipinski definition) is 2. The second kappa shape index (κ2) is 4.92. The number of nitrogens with two attached hydrogens (primary N) is 1. The zero-order chi connectivity index (χ0) is 10.6. The van der Waals surface area contributed by atoms with E-state index >= 15 is 0 Å². The van der Waals surface area contributed by atoms with Gasteiger partial charge in [0.15, 0.2) is 0 Å². The summed E-state index contributed by atoms with van der Waals surface area (Å²) in [5, 5.41) is 2.11. The molecule has 1 rings (SSSR count). The summed E-state index contributed by atoms with van der Waals surface area (Å²) in [6.07, 6.45) is -0.692. The van der Waals surface area contributed by atoms with Gasteiger partial charge in [0.25, 0.3) is 0 Å². The van der Waals surface area contributed by atoms with E-state index in [0.717, 1.165) is 0 Å². The number of rotatable bonds is 3. The Kier molecular flexibility index (Phi) is 3.84. The molecule has 3 N–H and O–H groups in total. The minimum Gasteiger partial charge on any atom is -0.450 e. The summed E-state index contributed by atoms with van der Waals surface area (Å²) in [4.78, 5) is 23.8. The van der Waals surface area contributed by atoms with Gasteiger partial charge in [0, 0.05) is 19.1 Å². The molecule has 0 aromatic carbocycles. The first kappa shape index (κ1) is 10.9. The maximum Gasteiger partial charge on any atom is 0.413 e. The lowest BCUT2D eigenvalue weighted by Gasteiger charge is -2.35. The van der Waals surface area contributed by atoms with Gasteiger partial charge in [-0.25, -0.2) is 4.79 Å². The standard InChI is InChI=1S/C8H15N3O3/c1-2-14-8(13)10-7(12)5-11-3-6(9)4-11/h6H,2-5,9H2,1H3,(H,10,12,13). The Labute approximate surface area is 82.4 Å². The van der Waals surface area contributed by atoms with Crippen LogP contribution < -0.4 is 11.1 Å². The minimum atomic E-state index is -0.692. The van der Waals surface area contributed by atoms with Crippen LogP contribution in [0.15, 0.2) is 0 Å². The number of carbonyl (C=O) groups excluding carboxylic acids is 2. The van der Waals surface area contributed by atoms with Gasteiger partial charge in [-0.05, 0) is 6.92 Å². The minimum absolute atomic E-state index is 0.158. The number of nitrogens with zero attached hydrogens (tertiary/aromatic N) is 1. The molecular formula is C8H15N3O3. The van der Waals surface area contributed by atoms with Gasteiger partial charge in [-0.2, -0.15) is 0 Å². The van der Waals surface area contributed by atoms with E-state index in [1.807, 2.05) is 4.90 Å². The number of amides is 2. The molecule has 0 atom stereocenters. The predicted molar refractivity (Wildman–Crippen MR) is 49.6 cm³/mol. The van der Waals surface area contributed by atoms with Crippen LogP contribution >= 0.6 is 0 Å². The van der Waals surface area contributed by atoms with Crippen LogP contribution in [-0.4, -0.2) is 49.2 Å². The van der Waals surface area contributed by atoms with Crippen molar-refractivity contribution in [2.45, 2.75) is 13.0 Å². The fourth-order valence-electron chi connectivity index (χ4n) is 1.26. The van der Waals surface area contributed by atoms with Gasteiger partial charge >= 0.3 is 6.09 Å². The fourth-order valence-corrected chi connectivity index (χ4v) is 1.26. The van der Waals surface area contributed by atoms with Crippen LogP contribution in [0.4, 0.5) is 4.79 Å². The molecular weight excluding hydrogens is 186 g/mol. The van der Waals surface area contributed by atoms with E-state index < -0.39 is 6.09 Å². The molecule has 1 heterocycles. The molecule has 0 bridgehead atoms. The van der Waals surface area contributed by atoms with Crippen LogP contribution in [0.2, 0.25) is 0 Å². The van der Waals surface area contributed by atoms with E-state index in [2.05, 4.69) is 10.1 Å². The maximum atomic E-state index is 11.1. The highest BCUT2D eigenvalue weighted by atomic mass is 16.5. The van der Waals surface area contributed by atoms with Gasteiger partial charge in [-0.3, -0.25) is 15.0 Å². The topological polar surface area (TPSA) is 84.7 Å². The van der Waals surface area contributed by atoms with Crippen LogP contribution in [0.1, 0.15) is 6.92 Å². The number of imide groups is 1. The first-order valence-electron chi connectivity index (χ1n) is 4.56. The van der Waals surface area contributed by atoms with Crippen molar-refractivity contribution in [1.82, 2.24) is 10.2 Å². The van der Waals surface area contributed by atoms with E-state index in [9.17, 15) is 9.59 Å². The van der Waals surface area contributed by atoms with Crippen molar-refractivity contribution >= 4 is 12.0 Å². The SMILES string of the molecule is CCOC(=O)NC(=O)CN1CC(N)C1. The molecule has 1 aliphatic rings. The maximum absolute atomic E-state index is 11.1. The second-order valence-corrected chi connectivity index (χ2v) is 3.22. The van der Waals surface area contributed by atoms with Gasteiger partial charge in [0.1, 0.15) is 0 Å². The molecule has 0 radical (unpaired) electrons. The molecule has 0 aromatic heterocycles. The smallest absolute Gasteiger partial charge is 0.413 e. The first-order chi connectivity index (χ1) is 6.61. The second-order valence-electron chi connectivity index (χ2n) is 3.22. The number of likely N-dealkylation sites (tertiary alicyclic amines) is 1. The molecule has 6 heteroatoms. The third kappa shape index (κ3) is 3.31. The van der Waals surface area contributed by atoms with Crippen LogP contribution in [0, 0.1) is 0 Å². The van der Waals surface area contributed by atoms with Crippen LogP contribution in [0.25, 0.3) is 0 Å². The van der Waals surface area contributed by atoms with Gasteiger partial charge in [-0.1, -0.05) is 0 Å². The molecule has 1 saturated heterocycles. The Bertz CT molecular complexity index is 226. The Morgan fingerprint density at radius 3 is 2.71 bits per heavy atom. The Morgan fingerprint density at radius 1 is 1.57 bits per heavy atom. The molecule has 14 heavy (non-hydrogen) atoms. The number of carbonyl (C=O) groups is 2. The number of nitrogens with one attached hydrogen (secondary N) is 1. The lowest BCUT2D eigenvalue weighted by atomic mass is 10.1. The van der Waals surface area contributed by atoms with E-state index in [-0.39, 0.29) is 25.1 Å². The zero-order valence-electron chi connectivity index (χ0n) is 8.16. The molecule has 6 nitrogen and oxygen atoms in total. The third-order valence-corrected chi connectivity index (χ3v) is 1.87. The van der Waals surface area contributed by atoms with E-state index in [0.29, 0.717) is 13.1 Å².